The fourth-order valence-corrected chi connectivity index (χ4v) is 4.02. The lowest BCUT2D eigenvalue weighted by Crippen LogP contribution is -2.29. The van der Waals surface area contributed by atoms with Crippen molar-refractivity contribution >= 4 is 29.1 Å². The van der Waals surface area contributed by atoms with Crippen LogP contribution in [0.1, 0.15) is 28.3 Å². The van der Waals surface area contributed by atoms with Crippen LogP contribution < -0.4 is 4.90 Å². The van der Waals surface area contributed by atoms with Gasteiger partial charge >= 0.3 is 5.97 Å². The molecule has 1 atom stereocenters. The molecule has 1 aliphatic heterocycles. The van der Waals surface area contributed by atoms with Crippen LogP contribution in [0.2, 0.25) is 0 Å². The van der Waals surface area contributed by atoms with Crippen molar-refractivity contribution in [2.45, 2.75) is 19.4 Å². The Morgan fingerprint density at radius 2 is 1.67 bits per heavy atom. The van der Waals surface area contributed by atoms with Crippen molar-refractivity contribution in [2.75, 3.05) is 12.0 Å². The standard InChI is InChI=1S/C27H23NO5/c1-17-7-6-10-20(15-17)24-23(25(30)19-8-4-3-5-9-19)26(31)27(32)28(24)21-13-11-18(12-14-21)16-22(29)33-2/h3-15,24,30H,16H2,1-2H3/b25-23-. The fourth-order valence-electron chi connectivity index (χ4n) is 4.02. The van der Waals surface area contributed by atoms with Gasteiger partial charge in [0.25, 0.3) is 11.7 Å². The number of ether oxygens (including phenoxy) is 1. The number of aliphatic hydroxyl groups is 1. The van der Waals surface area contributed by atoms with Crippen molar-refractivity contribution in [3.05, 3.63) is 107 Å². The van der Waals surface area contributed by atoms with E-state index in [1.807, 2.05) is 37.3 Å². The summed E-state index contributed by atoms with van der Waals surface area (Å²) in [7, 11) is 1.32. The van der Waals surface area contributed by atoms with Crippen molar-refractivity contribution < 1.29 is 24.2 Å². The Hall–Kier alpha value is -4.19. The molecule has 6 heteroatoms. The molecule has 1 amide bonds. The first-order valence-electron chi connectivity index (χ1n) is 10.5. The molecule has 0 aromatic heterocycles. The summed E-state index contributed by atoms with van der Waals surface area (Å²) in [6, 6.07) is 22.2. The number of hydrogen-bond donors (Lipinski definition) is 1. The van der Waals surface area contributed by atoms with E-state index in [1.165, 1.54) is 12.0 Å². The summed E-state index contributed by atoms with van der Waals surface area (Å²) in [4.78, 5) is 39.3. The zero-order valence-electron chi connectivity index (χ0n) is 18.3. The number of aliphatic hydroxyl groups excluding tert-OH is 1. The highest BCUT2D eigenvalue weighted by Crippen LogP contribution is 2.42. The number of anilines is 1. The molecule has 1 aliphatic rings. The normalized spacial score (nSPS) is 17.3. The van der Waals surface area contributed by atoms with Crippen molar-refractivity contribution in [3.63, 3.8) is 0 Å². The van der Waals surface area contributed by atoms with Gasteiger partial charge in [-0.1, -0.05) is 72.3 Å². The Morgan fingerprint density at radius 1 is 0.970 bits per heavy atom. The summed E-state index contributed by atoms with van der Waals surface area (Å²) in [6.07, 6.45) is 0.102. The number of carbonyl (C=O) groups is 3. The molecule has 3 aromatic carbocycles. The van der Waals surface area contributed by atoms with Crippen LogP contribution in [0, 0.1) is 6.92 Å². The number of rotatable bonds is 5. The van der Waals surface area contributed by atoms with Crippen LogP contribution in [-0.2, 0) is 25.5 Å². The third kappa shape index (κ3) is 4.28. The van der Waals surface area contributed by atoms with Crippen molar-refractivity contribution in [1.82, 2.24) is 0 Å². The van der Waals surface area contributed by atoms with Crippen LogP contribution in [0.5, 0.6) is 0 Å². The summed E-state index contributed by atoms with van der Waals surface area (Å²) >= 11 is 0. The zero-order chi connectivity index (χ0) is 23.5. The molecule has 0 saturated carbocycles. The minimum Gasteiger partial charge on any atom is -0.507 e. The van der Waals surface area contributed by atoms with E-state index in [9.17, 15) is 19.5 Å². The molecule has 0 radical (unpaired) electrons. The highest BCUT2D eigenvalue weighted by Gasteiger charge is 2.46. The molecule has 6 nitrogen and oxygen atoms in total. The summed E-state index contributed by atoms with van der Waals surface area (Å²) in [6.45, 7) is 1.93. The first-order chi connectivity index (χ1) is 15.9. The molecule has 3 aromatic rings. The van der Waals surface area contributed by atoms with E-state index in [0.29, 0.717) is 16.8 Å². The first kappa shape index (κ1) is 22.0. The number of hydrogen-bond acceptors (Lipinski definition) is 5. The van der Waals surface area contributed by atoms with E-state index in [0.717, 1.165) is 11.1 Å². The Morgan fingerprint density at radius 3 is 2.30 bits per heavy atom. The lowest BCUT2D eigenvalue weighted by Gasteiger charge is -2.26. The van der Waals surface area contributed by atoms with Crippen molar-refractivity contribution in [3.8, 4) is 0 Å². The Bertz CT molecular complexity index is 1250. The van der Waals surface area contributed by atoms with Gasteiger partial charge in [0, 0.05) is 11.3 Å². The second kappa shape index (κ2) is 9.12. The number of ketones is 1. The van der Waals surface area contributed by atoms with Crippen LogP contribution in [-0.4, -0.2) is 29.9 Å². The molecular weight excluding hydrogens is 418 g/mol. The Balaban J connectivity index is 1.85. The van der Waals surface area contributed by atoms with Gasteiger partial charge in [0.2, 0.25) is 0 Å². The van der Waals surface area contributed by atoms with Crippen molar-refractivity contribution in [1.29, 1.82) is 0 Å². The highest BCUT2D eigenvalue weighted by molar-refractivity contribution is 6.51. The molecule has 0 aliphatic carbocycles. The molecule has 1 saturated heterocycles. The summed E-state index contributed by atoms with van der Waals surface area (Å²) in [5, 5.41) is 11.1. The molecule has 0 spiro atoms. The first-order valence-corrected chi connectivity index (χ1v) is 10.5. The van der Waals surface area contributed by atoms with Crippen LogP contribution in [0.4, 0.5) is 5.69 Å². The number of benzene rings is 3. The quantitative estimate of drug-likeness (QED) is 0.276. The lowest BCUT2D eigenvalue weighted by molar-refractivity contribution is -0.139. The number of Topliss-reactive ketones (excluding diaryl/α,β-unsaturated/α-hetero) is 1. The lowest BCUT2D eigenvalue weighted by atomic mass is 9.94. The van der Waals surface area contributed by atoms with Gasteiger partial charge < -0.3 is 9.84 Å². The smallest absolute Gasteiger partial charge is 0.309 e. The minimum atomic E-state index is -0.795. The maximum Gasteiger partial charge on any atom is 0.309 e. The fraction of sp³-hybridized carbons (Fsp3) is 0.148. The van der Waals surface area contributed by atoms with Gasteiger partial charge in [-0.15, -0.1) is 0 Å². The predicted molar refractivity (Wildman–Crippen MR) is 125 cm³/mol. The highest BCUT2D eigenvalue weighted by atomic mass is 16.5. The molecule has 1 N–H and O–H groups in total. The van der Waals surface area contributed by atoms with E-state index < -0.39 is 17.7 Å². The Labute approximate surface area is 191 Å². The third-order valence-corrected chi connectivity index (χ3v) is 5.64. The minimum absolute atomic E-state index is 0.0374. The molecule has 4 rings (SSSR count). The molecule has 1 unspecified atom stereocenters. The maximum absolute atomic E-state index is 13.2. The van der Waals surface area contributed by atoms with Gasteiger partial charge in [0.1, 0.15) is 5.76 Å². The second-order valence-corrected chi connectivity index (χ2v) is 7.87. The largest absolute Gasteiger partial charge is 0.507 e. The number of amides is 1. The van der Waals surface area contributed by atoms with E-state index >= 15 is 0 Å². The van der Waals surface area contributed by atoms with E-state index in [2.05, 4.69) is 0 Å². The van der Waals surface area contributed by atoms with Crippen LogP contribution in [0.15, 0.2) is 84.4 Å². The number of nitrogens with zero attached hydrogens (tertiary/aromatic N) is 1. The second-order valence-electron chi connectivity index (χ2n) is 7.87. The summed E-state index contributed by atoms with van der Waals surface area (Å²) in [5.41, 5.74) is 3.39. The van der Waals surface area contributed by atoms with Gasteiger partial charge in [-0.05, 0) is 30.2 Å². The molecule has 0 bridgehead atoms. The third-order valence-electron chi connectivity index (χ3n) is 5.64. The summed E-state index contributed by atoms with van der Waals surface area (Å²) < 4.78 is 4.70. The molecular formula is C27H23NO5. The maximum atomic E-state index is 13.2. The predicted octanol–water partition coefficient (Wildman–Crippen LogP) is 4.34. The van der Waals surface area contributed by atoms with Gasteiger partial charge in [-0.2, -0.15) is 0 Å². The average molecular weight is 441 g/mol. The molecule has 1 fully saturated rings. The molecule has 1 heterocycles. The van der Waals surface area contributed by atoms with Gasteiger partial charge in [-0.3, -0.25) is 19.3 Å². The van der Waals surface area contributed by atoms with E-state index in [-0.39, 0.29) is 23.7 Å². The molecule has 33 heavy (non-hydrogen) atoms. The van der Waals surface area contributed by atoms with Crippen molar-refractivity contribution in [2.24, 2.45) is 0 Å². The Kier molecular flexibility index (Phi) is 6.09. The van der Waals surface area contributed by atoms with Crippen LogP contribution in [0.3, 0.4) is 0 Å². The monoisotopic (exact) mass is 441 g/mol. The van der Waals surface area contributed by atoms with Gasteiger partial charge in [-0.25, -0.2) is 0 Å². The average Bonchev–Trinajstić information content (AvgIpc) is 3.10. The van der Waals surface area contributed by atoms with Gasteiger partial charge in [0.05, 0.1) is 25.1 Å². The number of carbonyl (C=O) groups excluding carboxylic acids is 3. The SMILES string of the molecule is COC(=O)Cc1ccc(N2C(=O)C(=O)/C(=C(\O)c3ccccc3)C2c2cccc(C)c2)cc1. The molecule has 166 valence electrons. The van der Waals surface area contributed by atoms with Gasteiger partial charge in [0.15, 0.2) is 0 Å². The van der Waals surface area contributed by atoms with Crippen LogP contribution >= 0.6 is 0 Å². The zero-order valence-corrected chi connectivity index (χ0v) is 18.3. The van der Waals surface area contributed by atoms with E-state index in [4.69, 9.17) is 4.74 Å². The topological polar surface area (TPSA) is 83.9 Å². The van der Waals surface area contributed by atoms with Crippen LogP contribution in [0.25, 0.3) is 5.76 Å². The van der Waals surface area contributed by atoms with E-state index in [1.54, 1.807) is 48.5 Å². The number of esters is 1. The number of methoxy groups -OCH3 is 1. The number of aryl methyl sites for hydroxylation is 1. The summed E-state index contributed by atoms with van der Waals surface area (Å²) in [5.74, 6) is -2.06.